The van der Waals surface area contributed by atoms with E-state index in [0.29, 0.717) is 0 Å². The van der Waals surface area contributed by atoms with E-state index in [2.05, 4.69) is 10.4 Å². The number of hydrogen-bond acceptors (Lipinski definition) is 6. The van der Waals surface area contributed by atoms with Gasteiger partial charge in [0, 0.05) is 0 Å². The zero-order valence-electron chi connectivity index (χ0n) is 13.8. The number of anilines is 1. The topological polar surface area (TPSA) is 116 Å². The highest BCUT2D eigenvalue weighted by molar-refractivity contribution is 6.44. The highest BCUT2D eigenvalue weighted by Gasteiger charge is 2.23. The molecule has 1 aromatic carbocycles. The summed E-state index contributed by atoms with van der Waals surface area (Å²) >= 11 is 11.8. The minimum atomic E-state index is -0.766. The maximum atomic E-state index is 11.9. The molecule has 0 spiro atoms. The molecule has 138 valence electrons. The highest BCUT2D eigenvalue weighted by atomic mass is 35.5. The van der Waals surface area contributed by atoms with Gasteiger partial charge in [-0.25, -0.2) is 0 Å². The molecule has 1 aromatic heterocycles. The largest absolute Gasteiger partial charge is 0.454 e. The van der Waals surface area contributed by atoms with Gasteiger partial charge in [0.05, 0.1) is 20.7 Å². The van der Waals surface area contributed by atoms with Crippen LogP contribution in [-0.4, -0.2) is 33.2 Å². The first-order valence-electron chi connectivity index (χ1n) is 7.28. The number of hydrogen-bond donors (Lipinski definition) is 1. The molecule has 0 aliphatic heterocycles. The fourth-order valence-electron chi connectivity index (χ4n) is 2.21. The van der Waals surface area contributed by atoms with Gasteiger partial charge < -0.3 is 10.1 Å². The molecule has 0 aliphatic rings. The summed E-state index contributed by atoms with van der Waals surface area (Å²) in [5, 5.41) is 17.8. The Kier molecular flexibility index (Phi) is 6.17. The van der Waals surface area contributed by atoms with Crippen LogP contribution in [0.25, 0.3) is 0 Å². The Balaban J connectivity index is 1.93. The molecule has 9 nitrogen and oxygen atoms in total. The van der Waals surface area contributed by atoms with E-state index in [-0.39, 0.29) is 39.4 Å². The molecule has 0 saturated heterocycles. The van der Waals surface area contributed by atoms with Crippen molar-refractivity contribution >= 4 is 46.5 Å². The van der Waals surface area contributed by atoms with E-state index in [1.54, 1.807) is 18.2 Å². The molecular weight excluding hydrogens is 387 g/mol. The third-order valence-electron chi connectivity index (χ3n) is 3.39. The van der Waals surface area contributed by atoms with Crippen molar-refractivity contribution in [3.8, 4) is 0 Å². The first kappa shape index (κ1) is 19.7. The summed E-state index contributed by atoms with van der Waals surface area (Å²) in [5.41, 5.74) is 0.536. The number of nitrogens with zero attached hydrogens (tertiary/aromatic N) is 3. The summed E-state index contributed by atoms with van der Waals surface area (Å²) in [5.74, 6) is -1.38. The van der Waals surface area contributed by atoms with Crippen LogP contribution in [0.3, 0.4) is 0 Å². The van der Waals surface area contributed by atoms with Crippen LogP contribution < -0.4 is 5.32 Å². The molecule has 2 aromatic rings. The van der Waals surface area contributed by atoms with Crippen LogP contribution in [0.15, 0.2) is 18.2 Å². The molecule has 26 heavy (non-hydrogen) atoms. The number of amides is 1. The van der Waals surface area contributed by atoms with Crippen molar-refractivity contribution in [3.63, 3.8) is 0 Å². The van der Waals surface area contributed by atoms with Gasteiger partial charge in [-0.3, -0.25) is 24.4 Å². The SMILES string of the molecule is Cc1nn(CC(=O)OCC(=O)Nc2cccc(Cl)c2Cl)c(C)c1[N+](=O)[O-]. The van der Waals surface area contributed by atoms with Crippen molar-refractivity contribution in [2.75, 3.05) is 11.9 Å². The fraction of sp³-hybridized carbons (Fsp3) is 0.267. The average Bonchev–Trinajstić information content (AvgIpc) is 2.83. The third-order valence-corrected chi connectivity index (χ3v) is 4.21. The standard InChI is InChI=1S/C15H14Cl2N4O5/c1-8-15(21(24)25)9(2)20(19-8)6-13(23)26-7-12(22)18-11-5-3-4-10(16)14(11)17/h3-5H,6-7H2,1-2H3,(H,18,22). The number of carbonyl (C=O) groups excluding carboxylic acids is 2. The lowest BCUT2D eigenvalue weighted by molar-refractivity contribution is -0.386. The second kappa shape index (κ2) is 8.15. The van der Waals surface area contributed by atoms with Gasteiger partial charge in [0.1, 0.15) is 17.9 Å². The van der Waals surface area contributed by atoms with Crippen LogP contribution >= 0.6 is 23.2 Å². The number of benzene rings is 1. The number of nitrogens with one attached hydrogen (secondary N) is 1. The summed E-state index contributed by atoms with van der Waals surface area (Å²) in [7, 11) is 0. The minimum Gasteiger partial charge on any atom is -0.454 e. The quantitative estimate of drug-likeness (QED) is 0.452. The number of rotatable bonds is 6. The molecule has 0 bridgehead atoms. The second-order valence-corrected chi connectivity index (χ2v) is 6.03. The maximum absolute atomic E-state index is 11.9. The average molecular weight is 401 g/mol. The van der Waals surface area contributed by atoms with E-state index < -0.39 is 23.4 Å². The Morgan fingerprint density at radius 2 is 2.04 bits per heavy atom. The monoisotopic (exact) mass is 400 g/mol. The van der Waals surface area contributed by atoms with Gasteiger partial charge in [-0.2, -0.15) is 5.10 Å². The van der Waals surface area contributed by atoms with Crippen LogP contribution in [-0.2, 0) is 20.9 Å². The number of halogens is 2. The van der Waals surface area contributed by atoms with Crippen molar-refractivity contribution in [1.29, 1.82) is 0 Å². The Hall–Kier alpha value is -2.65. The molecule has 1 N–H and O–H groups in total. The molecule has 1 amide bonds. The smallest absolute Gasteiger partial charge is 0.328 e. The molecule has 0 saturated carbocycles. The minimum absolute atomic E-state index is 0.161. The lowest BCUT2D eigenvalue weighted by Crippen LogP contribution is -2.23. The van der Waals surface area contributed by atoms with E-state index in [9.17, 15) is 19.7 Å². The third kappa shape index (κ3) is 4.50. The van der Waals surface area contributed by atoms with E-state index in [1.807, 2.05) is 0 Å². The number of nitro groups is 1. The summed E-state index contributed by atoms with van der Waals surface area (Å²) in [6.45, 7) is 2.03. The first-order valence-corrected chi connectivity index (χ1v) is 8.04. The van der Waals surface area contributed by atoms with Gasteiger partial charge in [-0.1, -0.05) is 29.3 Å². The van der Waals surface area contributed by atoms with Gasteiger partial charge in [-0.05, 0) is 26.0 Å². The van der Waals surface area contributed by atoms with Crippen molar-refractivity contribution in [3.05, 3.63) is 49.7 Å². The van der Waals surface area contributed by atoms with Crippen molar-refractivity contribution in [2.24, 2.45) is 0 Å². The Morgan fingerprint density at radius 3 is 2.65 bits per heavy atom. The van der Waals surface area contributed by atoms with E-state index in [4.69, 9.17) is 27.9 Å². The van der Waals surface area contributed by atoms with Crippen LogP contribution in [0.2, 0.25) is 10.0 Å². The molecule has 0 radical (unpaired) electrons. The lowest BCUT2D eigenvalue weighted by Gasteiger charge is -2.09. The molecule has 0 fully saturated rings. The zero-order valence-corrected chi connectivity index (χ0v) is 15.3. The number of aromatic nitrogens is 2. The fourth-order valence-corrected chi connectivity index (χ4v) is 2.55. The van der Waals surface area contributed by atoms with Gasteiger partial charge >= 0.3 is 11.7 Å². The van der Waals surface area contributed by atoms with Crippen LogP contribution in [0.5, 0.6) is 0 Å². The summed E-state index contributed by atoms with van der Waals surface area (Å²) < 4.78 is 6.01. The molecule has 11 heteroatoms. The summed E-state index contributed by atoms with van der Waals surface area (Å²) in [6, 6.07) is 4.71. The summed E-state index contributed by atoms with van der Waals surface area (Å²) in [6.07, 6.45) is 0. The number of carbonyl (C=O) groups is 2. The van der Waals surface area contributed by atoms with Gasteiger partial charge in [0.2, 0.25) is 0 Å². The molecular formula is C15H14Cl2N4O5. The normalized spacial score (nSPS) is 10.5. The second-order valence-electron chi connectivity index (χ2n) is 5.24. The predicted molar refractivity (Wildman–Crippen MR) is 94.4 cm³/mol. The van der Waals surface area contributed by atoms with E-state index in [1.165, 1.54) is 13.8 Å². The zero-order chi connectivity index (χ0) is 19.4. The Morgan fingerprint density at radius 1 is 1.35 bits per heavy atom. The van der Waals surface area contributed by atoms with Gasteiger partial charge in [0.25, 0.3) is 5.91 Å². The highest BCUT2D eigenvalue weighted by Crippen LogP contribution is 2.29. The van der Waals surface area contributed by atoms with Crippen molar-refractivity contribution < 1.29 is 19.2 Å². The van der Waals surface area contributed by atoms with Crippen molar-refractivity contribution in [1.82, 2.24) is 9.78 Å². The molecule has 0 atom stereocenters. The van der Waals surface area contributed by atoms with E-state index in [0.717, 1.165) is 4.68 Å². The van der Waals surface area contributed by atoms with Crippen LogP contribution in [0.1, 0.15) is 11.4 Å². The number of aryl methyl sites for hydroxylation is 1. The lowest BCUT2D eigenvalue weighted by atomic mass is 10.3. The Labute approximate surface area is 158 Å². The van der Waals surface area contributed by atoms with Gasteiger partial charge in [-0.15, -0.1) is 0 Å². The van der Waals surface area contributed by atoms with Crippen LogP contribution in [0.4, 0.5) is 11.4 Å². The first-order chi connectivity index (χ1) is 12.2. The van der Waals surface area contributed by atoms with Crippen LogP contribution in [0, 0.1) is 24.0 Å². The predicted octanol–water partition coefficient (Wildman–Crippen LogP) is 2.90. The maximum Gasteiger partial charge on any atom is 0.328 e. The molecule has 1 heterocycles. The van der Waals surface area contributed by atoms with Gasteiger partial charge in [0.15, 0.2) is 6.61 Å². The molecule has 0 aliphatic carbocycles. The van der Waals surface area contributed by atoms with Crippen molar-refractivity contribution in [2.45, 2.75) is 20.4 Å². The number of esters is 1. The Bertz CT molecular complexity index is 881. The van der Waals surface area contributed by atoms with E-state index >= 15 is 0 Å². The molecule has 0 unspecified atom stereocenters. The summed E-state index contributed by atoms with van der Waals surface area (Å²) in [4.78, 5) is 34.1. The number of ether oxygens (including phenoxy) is 1. The molecule has 2 rings (SSSR count).